The number of amides is 2. The molecule has 1 atom stereocenters. The third-order valence-electron chi connectivity index (χ3n) is 5.88. The predicted molar refractivity (Wildman–Crippen MR) is 150 cm³/mol. The summed E-state index contributed by atoms with van der Waals surface area (Å²) in [6.45, 7) is 1.68. The smallest absolute Gasteiger partial charge is 0.254 e. The lowest BCUT2D eigenvalue weighted by atomic mass is 9.85. The number of rotatable bonds is 9. The Kier molecular flexibility index (Phi) is 8.64. The number of hydrogen-bond acceptors (Lipinski definition) is 9. The molecule has 1 aliphatic rings. The van der Waals surface area contributed by atoms with Crippen LogP contribution in [0.5, 0.6) is 5.75 Å². The summed E-state index contributed by atoms with van der Waals surface area (Å²) in [5, 5.41) is 24.3. The number of benzene rings is 2. The summed E-state index contributed by atoms with van der Waals surface area (Å²) in [5.41, 5.74) is 1.82. The van der Waals surface area contributed by atoms with Gasteiger partial charge in [-0.15, -0.1) is 0 Å². The second-order valence-electron chi connectivity index (χ2n) is 8.56. The number of hydrogen-bond donors (Lipinski definition) is 4. The van der Waals surface area contributed by atoms with Crippen LogP contribution in [0.2, 0.25) is 0 Å². The molecule has 1 aromatic heterocycles. The summed E-state index contributed by atoms with van der Waals surface area (Å²) in [5.74, 6) is -0.636. The van der Waals surface area contributed by atoms with E-state index in [1.165, 1.54) is 30.5 Å². The van der Waals surface area contributed by atoms with Gasteiger partial charge in [0, 0.05) is 17.1 Å². The van der Waals surface area contributed by atoms with Crippen LogP contribution in [0.3, 0.4) is 0 Å². The zero-order chi connectivity index (χ0) is 28.9. The Balaban J connectivity index is 1.55. The summed E-state index contributed by atoms with van der Waals surface area (Å²) < 4.78 is 33.8. The number of nitrogens with one attached hydrogen (secondary N) is 3. The Labute approximate surface area is 235 Å². The van der Waals surface area contributed by atoms with Crippen molar-refractivity contribution in [2.45, 2.75) is 17.7 Å². The van der Waals surface area contributed by atoms with Gasteiger partial charge in [-0.2, -0.15) is 5.26 Å². The quantitative estimate of drug-likeness (QED) is 0.295. The maximum Gasteiger partial charge on any atom is 0.254 e. The van der Waals surface area contributed by atoms with Crippen molar-refractivity contribution in [3.63, 3.8) is 0 Å². The van der Waals surface area contributed by atoms with E-state index in [2.05, 4.69) is 22.0 Å². The van der Waals surface area contributed by atoms with Gasteiger partial charge in [0.25, 0.3) is 5.91 Å². The number of sulfonamides is 1. The number of dihydropyridines is 1. The van der Waals surface area contributed by atoms with Crippen LogP contribution in [0.25, 0.3) is 0 Å². The molecule has 5 N–H and O–H groups in total. The molecule has 206 valence electrons. The summed E-state index contributed by atoms with van der Waals surface area (Å²) in [4.78, 5) is 26.0. The molecule has 0 spiro atoms. The molecule has 0 saturated carbocycles. The van der Waals surface area contributed by atoms with E-state index in [1.54, 1.807) is 50.4 Å². The maximum absolute atomic E-state index is 13.4. The van der Waals surface area contributed by atoms with Crippen molar-refractivity contribution in [2.75, 3.05) is 23.5 Å². The molecule has 0 aliphatic carbocycles. The standard InChI is InChI=1S/C27H25N5O6S2/c1-16-24(26(34)32-18-7-11-20(12-8-18)40(29,35)36)25(22-4-3-13-38-22)21(14-28)27(30-16)39-15-23(33)31-17-5-9-19(37-2)10-6-17/h3-13,25,30H,15H2,1-2H3,(H,31,33)(H,32,34)(H2,29,35,36). The fourth-order valence-electron chi connectivity index (χ4n) is 4.00. The zero-order valence-corrected chi connectivity index (χ0v) is 23.1. The second kappa shape index (κ2) is 12.1. The number of primary sulfonamides is 1. The van der Waals surface area contributed by atoms with E-state index < -0.39 is 21.8 Å². The Hall–Kier alpha value is -4.51. The van der Waals surface area contributed by atoms with Crippen molar-refractivity contribution in [3.05, 3.63) is 94.6 Å². The molecule has 0 fully saturated rings. The SMILES string of the molecule is COc1ccc(NC(=O)CSC2=C(C#N)C(c3ccco3)C(C(=O)Nc3ccc(S(N)(=O)=O)cc3)=C(C)N2)cc1. The molecule has 4 rings (SSSR count). The number of furan rings is 1. The number of anilines is 2. The molecule has 1 aliphatic heterocycles. The Bertz CT molecular complexity index is 1620. The number of thioether (sulfide) groups is 1. The lowest BCUT2D eigenvalue weighted by Crippen LogP contribution is -2.31. The van der Waals surface area contributed by atoms with Crippen molar-refractivity contribution >= 4 is 45.0 Å². The summed E-state index contributed by atoms with van der Waals surface area (Å²) in [6, 6.07) is 17.7. The van der Waals surface area contributed by atoms with Gasteiger partial charge < -0.3 is 25.1 Å². The monoisotopic (exact) mass is 579 g/mol. The van der Waals surface area contributed by atoms with E-state index in [4.69, 9.17) is 14.3 Å². The van der Waals surface area contributed by atoms with E-state index in [-0.39, 0.29) is 27.7 Å². The van der Waals surface area contributed by atoms with Gasteiger partial charge in [0.1, 0.15) is 11.5 Å². The third kappa shape index (κ3) is 6.55. The van der Waals surface area contributed by atoms with Gasteiger partial charge in [0.2, 0.25) is 15.9 Å². The van der Waals surface area contributed by atoms with E-state index in [9.17, 15) is 23.3 Å². The molecule has 13 heteroatoms. The van der Waals surface area contributed by atoms with Crippen LogP contribution < -0.4 is 25.8 Å². The highest BCUT2D eigenvalue weighted by Gasteiger charge is 2.36. The van der Waals surface area contributed by atoms with E-state index in [1.807, 2.05) is 0 Å². The Morgan fingerprint density at radius 3 is 2.33 bits per heavy atom. The van der Waals surface area contributed by atoms with E-state index in [0.717, 1.165) is 11.8 Å². The number of allylic oxidation sites excluding steroid dienone is 2. The van der Waals surface area contributed by atoms with Gasteiger partial charge in [0.15, 0.2) is 0 Å². The average Bonchev–Trinajstić information content (AvgIpc) is 3.46. The third-order valence-corrected chi connectivity index (χ3v) is 7.83. The molecule has 2 amide bonds. The maximum atomic E-state index is 13.4. The summed E-state index contributed by atoms with van der Waals surface area (Å²) in [6.07, 6.45) is 1.44. The molecule has 1 unspecified atom stereocenters. The van der Waals surface area contributed by atoms with E-state index in [0.29, 0.717) is 33.6 Å². The lowest BCUT2D eigenvalue weighted by molar-refractivity contribution is -0.114. The predicted octanol–water partition coefficient (Wildman–Crippen LogP) is 3.64. The number of nitrogens with two attached hydrogens (primary N) is 1. The lowest BCUT2D eigenvalue weighted by Gasteiger charge is -2.28. The molecule has 2 heterocycles. The van der Waals surface area contributed by atoms with Crippen molar-refractivity contribution in [1.82, 2.24) is 5.32 Å². The van der Waals surface area contributed by atoms with Crippen LogP contribution in [0, 0.1) is 11.3 Å². The first-order valence-electron chi connectivity index (χ1n) is 11.8. The van der Waals surface area contributed by atoms with Crippen LogP contribution in [0.15, 0.2) is 98.1 Å². The Morgan fingerprint density at radius 2 is 1.75 bits per heavy atom. The molecule has 2 aromatic carbocycles. The highest BCUT2D eigenvalue weighted by molar-refractivity contribution is 8.03. The van der Waals surface area contributed by atoms with Crippen molar-refractivity contribution in [3.8, 4) is 11.8 Å². The van der Waals surface area contributed by atoms with Gasteiger partial charge >= 0.3 is 0 Å². The fourth-order valence-corrected chi connectivity index (χ4v) is 5.41. The molecule has 11 nitrogen and oxygen atoms in total. The first kappa shape index (κ1) is 28.5. The number of nitrogens with zero attached hydrogens (tertiary/aromatic N) is 1. The number of carbonyl (C=O) groups excluding carboxylic acids is 2. The average molecular weight is 580 g/mol. The second-order valence-corrected chi connectivity index (χ2v) is 11.1. The van der Waals surface area contributed by atoms with Gasteiger partial charge in [0.05, 0.1) is 52.2 Å². The minimum Gasteiger partial charge on any atom is -0.497 e. The largest absolute Gasteiger partial charge is 0.497 e. The number of nitriles is 1. The number of methoxy groups -OCH3 is 1. The molecule has 0 bridgehead atoms. The van der Waals surface area contributed by atoms with Crippen molar-refractivity contribution in [2.24, 2.45) is 5.14 Å². The van der Waals surface area contributed by atoms with Gasteiger partial charge in [-0.1, -0.05) is 11.8 Å². The Morgan fingerprint density at radius 1 is 1.10 bits per heavy atom. The highest BCUT2D eigenvalue weighted by Crippen LogP contribution is 2.41. The first-order valence-corrected chi connectivity index (χ1v) is 14.3. The normalized spacial score (nSPS) is 15.2. The van der Waals surface area contributed by atoms with Crippen LogP contribution in [0.4, 0.5) is 11.4 Å². The topological polar surface area (TPSA) is 177 Å². The van der Waals surface area contributed by atoms with Crippen molar-refractivity contribution in [1.29, 1.82) is 5.26 Å². The highest BCUT2D eigenvalue weighted by atomic mass is 32.2. The van der Waals surface area contributed by atoms with E-state index >= 15 is 0 Å². The van der Waals surface area contributed by atoms with Crippen LogP contribution in [0.1, 0.15) is 18.6 Å². The van der Waals surface area contributed by atoms with Gasteiger partial charge in [-0.05, 0) is 67.6 Å². The minimum absolute atomic E-state index is 0.00434. The summed E-state index contributed by atoms with van der Waals surface area (Å²) >= 11 is 1.12. The fraction of sp³-hybridized carbons (Fsp3) is 0.148. The molecule has 0 radical (unpaired) electrons. The van der Waals surface area contributed by atoms with Crippen LogP contribution in [-0.2, 0) is 19.6 Å². The summed E-state index contributed by atoms with van der Waals surface area (Å²) in [7, 11) is -2.33. The van der Waals surface area contributed by atoms with Gasteiger partial charge in [-0.25, -0.2) is 13.6 Å². The van der Waals surface area contributed by atoms with Crippen molar-refractivity contribution < 1.29 is 27.2 Å². The molecular formula is C27H25N5O6S2. The molecule has 3 aromatic rings. The van der Waals surface area contributed by atoms with Gasteiger partial charge in [-0.3, -0.25) is 9.59 Å². The number of carbonyl (C=O) groups is 2. The molecule has 0 saturated heterocycles. The minimum atomic E-state index is -3.89. The molecular weight excluding hydrogens is 554 g/mol. The zero-order valence-electron chi connectivity index (χ0n) is 21.4. The van der Waals surface area contributed by atoms with Crippen LogP contribution >= 0.6 is 11.8 Å². The number of ether oxygens (including phenoxy) is 1. The first-order chi connectivity index (χ1) is 19.1. The molecule has 40 heavy (non-hydrogen) atoms. The van der Waals surface area contributed by atoms with Crippen LogP contribution in [-0.4, -0.2) is 33.1 Å².